The van der Waals surface area contributed by atoms with Crippen LogP contribution in [0.3, 0.4) is 0 Å². The first-order chi connectivity index (χ1) is 27.8. The van der Waals surface area contributed by atoms with Crippen molar-refractivity contribution >= 4 is 56.8 Å². The van der Waals surface area contributed by atoms with Crippen LogP contribution in [0.5, 0.6) is 0 Å². The van der Waals surface area contributed by atoms with Gasteiger partial charge in [0.15, 0.2) is 0 Å². The van der Waals surface area contributed by atoms with Crippen molar-refractivity contribution in [3.63, 3.8) is 0 Å². The average Bonchev–Trinajstić information content (AvgIpc) is 3.85. The molecule has 1 unspecified atom stereocenters. The number of carbonyl (C=O) groups is 4. The molecule has 14 nitrogen and oxygen atoms in total. The zero-order chi connectivity index (χ0) is 40.7. The largest absolute Gasteiger partial charge is 0.465 e. The van der Waals surface area contributed by atoms with Gasteiger partial charge in [-0.2, -0.15) is 0 Å². The fourth-order valence-electron chi connectivity index (χ4n) is 9.93. The molecule has 4 amide bonds. The number of likely N-dealkylation sites (tertiary alicyclic amines) is 2. The van der Waals surface area contributed by atoms with Gasteiger partial charge in [0.25, 0.3) is 0 Å². The lowest BCUT2D eigenvalue weighted by Crippen LogP contribution is -2.52. The van der Waals surface area contributed by atoms with E-state index in [0.29, 0.717) is 11.8 Å². The number of carboxylic acid groups (broad SMARTS) is 1. The van der Waals surface area contributed by atoms with Crippen LogP contribution in [0.15, 0.2) is 48.5 Å². The molecule has 2 aliphatic heterocycles. The number of H-pyrrole nitrogens is 2. The van der Waals surface area contributed by atoms with Crippen molar-refractivity contribution < 1.29 is 29.0 Å². The van der Waals surface area contributed by atoms with Gasteiger partial charge in [0.05, 0.1) is 41.3 Å². The molecule has 0 radical (unpaired) electrons. The number of fused-ring (bicyclic) bond motifs is 6. The average molecular weight is 789 g/mol. The fraction of sp³-hybridized carbons (Fsp3) is 0.500. The number of carbonyl (C=O) groups excluding carboxylic acids is 3. The van der Waals surface area contributed by atoms with E-state index in [1.165, 1.54) is 25.3 Å². The zero-order valence-corrected chi connectivity index (χ0v) is 33.9. The van der Waals surface area contributed by atoms with E-state index >= 15 is 0 Å². The van der Waals surface area contributed by atoms with E-state index in [0.717, 1.165) is 87.9 Å². The number of hydrogen-bond donors (Lipinski definition) is 4. The number of aromatic amines is 2. The number of aromatic nitrogens is 4. The van der Waals surface area contributed by atoms with Gasteiger partial charge in [-0.25, -0.2) is 19.6 Å². The van der Waals surface area contributed by atoms with Gasteiger partial charge in [0.2, 0.25) is 11.8 Å². The molecule has 5 aromatic rings. The first-order valence-corrected chi connectivity index (χ1v) is 20.7. The van der Waals surface area contributed by atoms with Crippen LogP contribution in [0, 0.1) is 23.7 Å². The van der Waals surface area contributed by atoms with Gasteiger partial charge < -0.3 is 34.9 Å². The van der Waals surface area contributed by atoms with Crippen LogP contribution in [0.2, 0.25) is 0 Å². The summed E-state index contributed by atoms with van der Waals surface area (Å²) in [5.41, 5.74) is 5.98. The molecule has 3 aromatic carbocycles. The number of alkyl carbamates (subject to hydrolysis) is 1. The number of hydrogen-bond acceptors (Lipinski definition) is 7. The van der Waals surface area contributed by atoms with Gasteiger partial charge >= 0.3 is 12.2 Å². The number of rotatable bonds is 11. The summed E-state index contributed by atoms with van der Waals surface area (Å²) in [6.45, 7) is 7.64. The van der Waals surface area contributed by atoms with Crippen molar-refractivity contribution in [2.75, 3.05) is 14.2 Å². The summed E-state index contributed by atoms with van der Waals surface area (Å²) in [6.07, 6.45) is 3.56. The molecule has 8 atom stereocenters. The predicted octanol–water partition coefficient (Wildman–Crippen LogP) is 6.72. The van der Waals surface area contributed by atoms with E-state index in [1.54, 1.807) is 0 Å². The summed E-state index contributed by atoms with van der Waals surface area (Å²) >= 11 is 0. The van der Waals surface area contributed by atoms with Crippen LogP contribution in [-0.2, 0) is 27.2 Å². The second-order valence-corrected chi connectivity index (χ2v) is 17.7. The van der Waals surface area contributed by atoms with Gasteiger partial charge in [-0.3, -0.25) is 14.5 Å². The molecule has 2 aromatic heterocycles. The Balaban J connectivity index is 0.902. The number of ether oxygens (including phenoxy) is 1. The summed E-state index contributed by atoms with van der Waals surface area (Å²) in [4.78, 5) is 73.9. The molecule has 2 saturated carbocycles. The third kappa shape index (κ3) is 6.59. The summed E-state index contributed by atoms with van der Waals surface area (Å²) in [5.74, 6) is 1.91. The third-order valence-corrected chi connectivity index (χ3v) is 13.2. The van der Waals surface area contributed by atoms with Crippen LogP contribution in [-0.4, -0.2) is 102 Å². The molecule has 0 spiro atoms. The number of likely N-dealkylation sites (N-methyl/N-ethyl adjacent to an activating group) is 1. The number of piperidine rings is 2. The first kappa shape index (κ1) is 37.9. The maximum atomic E-state index is 14.0. The number of nitrogens with one attached hydrogen (secondary N) is 3. The van der Waals surface area contributed by atoms with E-state index in [9.17, 15) is 24.3 Å². The predicted molar refractivity (Wildman–Crippen MR) is 218 cm³/mol. The Morgan fingerprint density at radius 1 is 0.810 bits per heavy atom. The standard InChI is InChI=1S/C44H52N8O6/c1-21(2)36(49-43(55)58-6)41(53)51-32-17-26(32)19-34(51)39-45-29-13-10-24(16-31(29)47-39)8-7-23-9-12-28-25(15-23)11-14-30-37(28)48-40(46-30)35-20-27-18-33(27)52(35)42(54)38(22(3)4)50(5)44(56)57/h9-16,21-22,26-27,32-36,38H,7-8,17-20H2,1-6H3,(H,45,47)(H,46,48)(H,49,55)(H,56,57)/t26-,27-,32+,33-,34?,35+,36+,38+/m1/s1. The number of nitrogens with zero attached hydrogens (tertiary/aromatic N) is 5. The number of aryl methyl sites for hydroxylation is 2. The molecule has 304 valence electrons. The van der Waals surface area contributed by atoms with E-state index < -0.39 is 24.3 Å². The monoisotopic (exact) mass is 788 g/mol. The molecule has 4 heterocycles. The Bertz CT molecular complexity index is 2460. The number of amides is 4. The summed E-state index contributed by atoms with van der Waals surface area (Å²) < 4.78 is 4.81. The lowest BCUT2D eigenvalue weighted by Gasteiger charge is -2.35. The second kappa shape index (κ2) is 14.3. The molecule has 2 aliphatic carbocycles. The van der Waals surface area contributed by atoms with E-state index in [4.69, 9.17) is 14.7 Å². The highest BCUT2D eigenvalue weighted by Gasteiger charge is 2.57. The lowest BCUT2D eigenvalue weighted by atomic mass is 10.0. The molecule has 14 heteroatoms. The van der Waals surface area contributed by atoms with E-state index in [1.807, 2.05) is 43.6 Å². The molecule has 4 aliphatic rings. The van der Waals surface area contributed by atoms with Crippen molar-refractivity contribution in [2.45, 2.75) is 102 Å². The van der Waals surface area contributed by atoms with Gasteiger partial charge in [0, 0.05) is 24.5 Å². The summed E-state index contributed by atoms with van der Waals surface area (Å²) in [7, 11) is 2.78. The van der Waals surface area contributed by atoms with Crippen LogP contribution in [0.4, 0.5) is 9.59 Å². The smallest absolute Gasteiger partial charge is 0.407 e. The van der Waals surface area contributed by atoms with Crippen LogP contribution >= 0.6 is 0 Å². The minimum Gasteiger partial charge on any atom is -0.465 e. The summed E-state index contributed by atoms with van der Waals surface area (Å²) in [5, 5.41) is 14.6. The zero-order valence-electron chi connectivity index (χ0n) is 33.9. The number of benzene rings is 3. The molecule has 4 fully saturated rings. The SMILES string of the molecule is COC(=O)N[C@H](C(=O)N1C(c2nc3cc(CCc4ccc5c(ccc6nc([C@@H]7C[C@H]8C[C@H]8N7C(=O)[C@H](C(C)C)N(C)C(=O)O)[nH]c65)c4)ccc3[nH]2)C[C@H]2C[C@@H]21)C(C)C. The van der Waals surface area contributed by atoms with Gasteiger partial charge in [-0.05, 0) is 96.9 Å². The molecule has 2 saturated heterocycles. The van der Waals surface area contributed by atoms with E-state index in [-0.39, 0.29) is 47.8 Å². The lowest BCUT2D eigenvalue weighted by molar-refractivity contribution is -0.140. The second-order valence-electron chi connectivity index (χ2n) is 17.7. The fourth-order valence-corrected chi connectivity index (χ4v) is 9.93. The van der Waals surface area contributed by atoms with Crippen LogP contribution < -0.4 is 5.32 Å². The quantitative estimate of drug-likeness (QED) is 0.114. The van der Waals surface area contributed by atoms with Gasteiger partial charge in [-0.15, -0.1) is 0 Å². The van der Waals surface area contributed by atoms with Crippen molar-refractivity contribution in [3.05, 3.63) is 71.3 Å². The minimum atomic E-state index is -1.11. The number of imidazole rings is 2. The maximum absolute atomic E-state index is 14.0. The van der Waals surface area contributed by atoms with E-state index in [2.05, 4.69) is 57.7 Å². The normalized spacial score (nSPS) is 24.3. The van der Waals surface area contributed by atoms with Gasteiger partial charge in [-0.1, -0.05) is 58.0 Å². The molecule has 0 bridgehead atoms. The van der Waals surface area contributed by atoms with Gasteiger partial charge in [0.1, 0.15) is 23.7 Å². The molecule has 4 N–H and O–H groups in total. The van der Waals surface area contributed by atoms with Crippen molar-refractivity contribution in [3.8, 4) is 0 Å². The number of methoxy groups -OCH3 is 1. The summed E-state index contributed by atoms with van der Waals surface area (Å²) in [6, 6.07) is 15.5. The minimum absolute atomic E-state index is 0.0909. The van der Waals surface area contributed by atoms with Crippen molar-refractivity contribution in [2.24, 2.45) is 23.7 Å². The van der Waals surface area contributed by atoms with Crippen molar-refractivity contribution in [1.29, 1.82) is 0 Å². The Labute approximate surface area is 336 Å². The Morgan fingerprint density at radius 2 is 1.43 bits per heavy atom. The van der Waals surface area contributed by atoms with Crippen LogP contribution in [0.1, 0.15) is 88.2 Å². The molecular formula is C44H52N8O6. The topological polar surface area (TPSA) is 177 Å². The highest BCUT2D eigenvalue weighted by molar-refractivity contribution is 6.04. The Kier molecular flexibility index (Phi) is 9.35. The molecule has 9 rings (SSSR count). The van der Waals surface area contributed by atoms with Crippen LogP contribution in [0.25, 0.3) is 32.8 Å². The first-order valence-electron chi connectivity index (χ1n) is 20.7. The molecular weight excluding hydrogens is 737 g/mol. The third-order valence-electron chi connectivity index (χ3n) is 13.2. The Morgan fingerprint density at radius 3 is 2.07 bits per heavy atom. The maximum Gasteiger partial charge on any atom is 0.407 e. The highest BCUT2D eigenvalue weighted by Crippen LogP contribution is 2.55. The highest BCUT2D eigenvalue weighted by atomic mass is 16.5. The Hall–Kier alpha value is -5.66. The van der Waals surface area contributed by atoms with Crippen molar-refractivity contribution in [1.82, 2.24) is 40.0 Å². The molecule has 58 heavy (non-hydrogen) atoms.